The fraction of sp³-hybridized carbons (Fsp3) is 0.0476. The highest BCUT2D eigenvalue weighted by atomic mass is 79.9. The normalized spacial score (nSPS) is 10.7. The Morgan fingerprint density at radius 1 is 1.07 bits per heavy atom. The van der Waals surface area contributed by atoms with E-state index in [1.807, 2.05) is 66.0 Å². The van der Waals surface area contributed by atoms with Gasteiger partial charge in [0.2, 0.25) is 0 Å². The summed E-state index contributed by atoms with van der Waals surface area (Å²) in [6.45, 7) is 0. The van der Waals surface area contributed by atoms with Crippen molar-refractivity contribution in [1.29, 1.82) is 0 Å². The van der Waals surface area contributed by atoms with E-state index in [0.29, 0.717) is 10.7 Å². The molecule has 3 aromatic carbocycles. The number of amides is 1. The Balaban J connectivity index is 1.54. The first kappa shape index (κ1) is 17.7. The Labute approximate surface area is 169 Å². The van der Waals surface area contributed by atoms with Gasteiger partial charge in [-0.2, -0.15) is 0 Å². The molecule has 1 N–H and O–H groups in total. The predicted molar refractivity (Wildman–Crippen MR) is 114 cm³/mol. The molecule has 4 rings (SSSR count). The number of methoxy groups -OCH3 is 1. The monoisotopic (exact) mass is 438 g/mol. The molecule has 6 heteroatoms. The fourth-order valence-electron chi connectivity index (χ4n) is 2.79. The molecule has 1 aromatic heterocycles. The largest absolute Gasteiger partial charge is 0.496 e. The average Bonchev–Trinajstić information content (AvgIpc) is 3.16. The molecular formula is C21H15BrN2O2S. The van der Waals surface area contributed by atoms with Gasteiger partial charge in [0, 0.05) is 16.5 Å². The first-order chi connectivity index (χ1) is 13.1. The summed E-state index contributed by atoms with van der Waals surface area (Å²) in [5.41, 5.74) is 2.36. The first-order valence-corrected chi connectivity index (χ1v) is 9.91. The van der Waals surface area contributed by atoms with E-state index in [9.17, 15) is 4.79 Å². The molecule has 0 bridgehead atoms. The van der Waals surface area contributed by atoms with Gasteiger partial charge >= 0.3 is 0 Å². The molecule has 27 heavy (non-hydrogen) atoms. The van der Waals surface area contributed by atoms with Crippen molar-refractivity contribution in [2.45, 2.75) is 0 Å². The molecule has 0 aliphatic rings. The minimum Gasteiger partial charge on any atom is -0.496 e. The van der Waals surface area contributed by atoms with Crippen molar-refractivity contribution in [2.24, 2.45) is 0 Å². The summed E-state index contributed by atoms with van der Waals surface area (Å²) in [4.78, 5) is 17.1. The van der Waals surface area contributed by atoms with Crippen LogP contribution in [0.2, 0.25) is 0 Å². The summed E-state index contributed by atoms with van der Waals surface area (Å²) in [6, 6.07) is 19.4. The number of halogens is 1. The van der Waals surface area contributed by atoms with E-state index in [4.69, 9.17) is 4.74 Å². The lowest BCUT2D eigenvalue weighted by molar-refractivity contribution is 0.102. The Morgan fingerprint density at radius 3 is 2.67 bits per heavy atom. The Kier molecular flexibility index (Phi) is 4.92. The van der Waals surface area contributed by atoms with E-state index >= 15 is 0 Å². The van der Waals surface area contributed by atoms with Crippen LogP contribution in [0, 0.1) is 0 Å². The van der Waals surface area contributed by atoms with Gasteiger partial charge in [0.05, 0.1) is 17.3 Å². The SMILES string of the molecule is COc1ccc(-c2csc(NC(=O)c3ccc4ccccc4c3)n2)cc1Br. The molecule has 0 spiro atoms. The van der Waals surface area contributed by atoms with Crippen LogP contribution in [0.5, 0.6) is 5.75 Å². The van der Waals surface area contributed by atoms with Crippen LogP contribution in [0.4, 0.5) is 5.13 Å². The standard InChI is InChI=1S/C21H15BrN2O2S/c1-26-19-9-8-15(11-17(19)22)18-12-27-21(23-18)24-20(25)16-7-6-13-4-2-3-5-14(13)10-16/h2-12H,1H3,(H,23,24,25). The molecule has 0 aliphatic heterocycles. The number of aromatic nitrogens is 1. The minimum atomic E-state index is -0.169. The molecule has 0 radical (unpaired) electrons. The Morgan fingerprint density at radius 2 is 1.89 bits per heavy atom. The predicted octanol–water partition coefficient (Wildman–Crippen LogP) is 5.99. The second-order valence-electron chi connectivity index (χ2n) is 5.90. The Bertz CT molecular complexity index is 1140. The molecule has 0 aliphatic carbocycles. The molecule has 0 saturated carbocycles. The number of fused-ring (bicyclic) bond motifs is 1. The molecule has 0 atom stereocenters. The number of hydrogen-bond donors (Lipinski definition) is 1. The van der Waals surface area contributed by atoms with Crippen LogP contribution >= 0.6 is 27.3 Å². The van der Waals surface area contributed by atoms with Crippen LogP contribution in [0.25, 0.3) is 22.0 Å². The number of thiazole rings is 1. The Hall–Kier alpha value is -2.70. The van der Waals surface area contributed by atoms with Gasteiger partial charge in [0.25, 0.3) is 5.91 Å². The number of rotatable bonds is 4. The van der Waals surface area contributed by atoms with Crippen LogP contribution < -0.4 is 10.1 Å². The van der Waals surface area contributed by atoms with Crippen molar-refractivity contribution in [3.8, 4) is 17.0 Å². The first-order valence-electron chi connectivity index (χ1n) is 8.23. The molecule has 0 unspecified atom stereocenters. The van der Waals surface area contributed by atoms with Gasteiger partial charge in [-0.1, -0.05) is 30.3 Å². The van der Waals surface area contributed by atoms with Gasteiger partial charge in [-0.05, 0) is 57.0 Å². The second kappa shape index (κ2) is 7.50. The maximum Gasteiger partial charge on any atom is 0.257 e. The van der Waals surface area contributed by atoms with Crippen molar-refractivity contribution in [3.63, 3.8) is 0 Å². The highest BCUT2D eigenvalue weighted by molar-refractivity contribution is 9.10. The van der Waals surface area contributed by atoms with E-state index in [0.717, 1.165) is 32.3 Å². The van der Waals surface area contributed by atoms with Crippen LogP contribution in [-0.2, 0) is 0 Å². The van der Waals surface area contributed by atoms with Crippen molar-refractivity contribution in [1.82, 2.24) is 4.98 Å². The zero-order chi connectivity index (χ0) is 18.8. The molecule has 1 amide bonds. The van der Waals surface area contributed by atoms with Gasteiger partial charge < -0.3 is 4.74 Å². The van der Waals surface area contributed by atoms with Crippen molar-refractivity contribution >= 4 is 49.1 Å². The quantitative estimate of drug-likeness (QED) is 0.425. The van der Waals surface area contributed by atoms with E-state index in [1.54, 1.807) is 7.11 Å². The van der Waals surface area contributed by atoms with Crippen molar-refractivity contribution in [3.05, 3.63) is 76.1 Å². The number of nitrogens with zero attached hydrogens (tertiary/aromatic N) is 1. The minimum absolute atomic E-state index is 0.169. The lowest BCUT2D eigenvalue weighted by atomic mass is 10.1. The number of carbonyl (C=O) groups excluding carboxylic acids is 1. The van der Waals surface area contributed by atoms with Crippen LogP contribution in [0.15, 0.2) is 70.5 Å². The van der Waals surface area contributed by atoms with Gasteiger partial charge in [0.1, 0.15) is 5.75 Å². The lowest BCUT2D eigenvalue weighted by Gasteiger charge is -2.05. The topological polar surface area (TPSA) is 51.2 Å². The van der Waals surface area contributed by atoms with Gasteiger partial charge in [-0.15, -0.1) is 11.3 Å². The van der Waals surface area contributed by atoms with E-state index in [1.165, 1.54) is 11.3 Å². The molecule has 0 saturated heterocycles. The summed E-state index contributed by atoms with van der Waals surface area (Å²) in [7, 11) is 1.63. The summed E-state index contributed by atoms with van der Waals surface area (Å²) >= 11 is 4.88. The average molecular weight is 439 g/mol. The zero-order valence-corrected chi connectivity index (χ0v) is 16.8. The van der Waals surface area contributed by atoms with Gasteiger partial charge in [0.15, 0.2) is 5.13 Å². The number of carbonyl (C=O) groups is 1. The molecular weight excluding hydrogens is 424 g/mol. The van der Waals surface area contributed by atoms with Crippen molar-refractivity contribution < 1.29 is 9.53 Å². The molecule has 134 valence electrons. The number of hydrogen-bond acceptors (Lipinski definition) is 4. The van der Waals surface area contributed by atoms with E-state index in [2.05, 4.69) is 26.2 Å². The second-order valence-corrected chi connectivity index (χ2v) is 7.62. The number of nitrogens with one attached hydrogen (secondary N) is 1. The zero-order valence-electron chi connectivity index (χ0n) is 14.4. The maximum absolute atomic E-state index is 12.6. The summed E-state index contributed by atoms with van der Waals surface area (Å²) in [6.07, 6.45) is 0. The smallest absolute Gasteiger partial charge is 0.257 e. The van der Waals surface area contributed by atoms with Crippen LogP contribution in [0.1, 0.15) is 10.4 Å². The lowest BCUT2D eigenvalue weighted by Crippen LogP contribution is -2.11. The van der Waals surface area contributed by atoms with E-state index in [-0.39, 0.29) is 5.91 Å². The van der Waals surface area contributed by atoms with Gasteiger partial charge in [-0.25, -0.2) is 4.98 Å². The highest BCUT2D eigenvalue weighted by Gasteiger charge is 2.11. The number of benzene rings is 3. The molecule has 0 fully saturated rings. The molecule has 1 heterocycles. The van der Waals surface area contributed by atoms with E-state index < -0.39 is 0 Å². The van der Waals surface area contributed by atoms with Crippen molar-refractivity contribution in [2.75, 3.05) is 12.4 Å². The summed E-state index contributed by atoms with van der Waals surface area (Å²) in [5, 5.41) is 7.51. The molecule has 4 aromatic rings. The fourth-order valence-corrected chi connectivity index (χ4v) is 4.04. The third kappa shape index (κ3) is 3.72. The van der Waals surface area contributed by atoms with Crippen LogP contribution in [0.3, 0.4) is 0 Å². The third-order valence-corrected chi connectivity index (χ3v) is 5.56. The summed E-state index contributed by atoms with van der Waals surface area (Å²) < 4.78 is 6.11. The number of anilines is 1. The van der Waals surface area contributed by atoms with Gasteiger partial charge in [-0.3, -0.25) is 10.1 Å². The maximum atomic E-state index is 12.6. The molecule has 4 nitrogen and oxygen atoms in total. The van der Waals surface area contributed by atoms with Crippen LogP contribution in [-0.4, -0.2) is 18.0 Å². The summed E-state index contributed by atoms with van der Waals surface area (Å²) in [5.74, 6) is 0.594. The number of ether oxygens (including phenoxy) is 1. The third-order valence-electron chi connectivity index (χ3n) is 4.18. The highest BCUT2D eigenvalue weighted by Crippen LogP contribution is 2.32.